The number of Topliss-reactive ketones (excluding diaryl/α,β-unsaturated/α-hetero) is 2. The quantitative estimate of drug-likeness (QED) is 0.217. The topological polar surface area (TPSA) is 191 Å². The summed E-state index contributed by atoms with van der Waals surface area (Å²) in [5.74, 6) is -6.10. The number of fused-ring (bicyclic) bond motifs is 3. The molecule has 0 amide bonds. The van der Waals surface area contributed by atoms with E-state index in [0.717, 1.165) is 7.11 Å². The normalized spacial score (nSPS) is 30.5. The van der Waals surface area contributed by atoms with Gasteiger partial charge in [0.25, 0.3) is 5.60 Å². The third-order valence-electron chi connectivity index (χ3n) is 9.30. The third kappa shape index (κ3) is 2.89. The fourth-order valence-corrected chi connectivity index (χ4v) is 7.49. The number of phenols is 2. The first kappa shape index (κ1) is 26.3. The number of carbonyl (C=O) groups is 3. The summed E-state index contributed by atoms with van der Waals surface area (Å²) in [6, 6.07) is 4.30. The number of aryl methyl sites for hydroxylation is 1. The largest absolute Gasteiger partial charge is 0.507 e. The van der Waals surface area contributed by atoms with Gasteiger partial charge in [0.2, 0.25) is 0 Å². The average molecular weight is 575 g/mol. The van der Waals surface area contributed by atoms with Crippen LogP contribution in [0.4, 0.5) is 0 Å². The van der Waals surface area contributed by atoms with Crippen LogP contribution in [0, 0.1) is 12.3 Å². The fraction of sp³-hybridized carbons (Fsp3) is 0.323. The second-order valence-corrected chi connectivity index (χ2v) is 11.5. The monoisotopic (exact) mass is 574 g/mol. The van der Waals surface area contributed by atoms with E-state index < -0.39 is 69.5 Å². The number of hydrogen-bond acceptors (Lipinski definition) is 11. The number of methoxy groups -OCH3 is 1. The highest BCUT2D eigenvalue weighted by atomic mass is 16.6. The highest BCUT2D eigenvalue weighted by Crippen LogP contribution is 2.62. The van der Waals surface area contributed by atoms with Crippen LogP contribution in [-0.2, 0) is 25.5 Å². The van der Waals surface area contributed by atoms with Crippen molar-refractivity contribution < 1.29 is 54.5 Å². The van der Waals surface area contributed by atoms with E-state index in [1.54, 1.807) is 19.1 Å². The summed E-state index contributed by atoms with van der Waals surface area (Å²) in [4.78, 5) is 40.4. The summed E-state index contributed by atoms with van der Waals surface area (Å²) >= 11 is 0. The Labute approximate surface area is 238 Å². The zero-order chi connectivity index (χ0) is 30.0. The van der Waals surface area contributed by atoms with E-state index in [9.17, 15) is 45.0 Å². The lowest BCUT2D eigenvalue weighted by atomic mass is 9.61. The van der Waals surface area contributed by atoms with Crippen molar-refractivity contribution in [3.8, 4) is 17.2 Å². The number of aliphatic hydroxyl groups excluding tert-OH is 4. The van der Waals surface area contributed by atoms with E-state index in [0.29, 0.717) is 11.1 Å². The molecule has 1 spiro atoms. The van der Waals surface area contributed by atoms with E-state index in [1.807, 2.05) is 0 Å². The summed E-state index contributed by atoms with van der Waals surface area (Å²) in [6.07, 6.45) is -0.415. The van der Waals surface area contributed by atoms with Gasteiger partial charge in [-0.2, -0.15) is 0 Å². The zero-order valence-electron chi connectivity index (χ0n) is 22.5. The van der Waals surface area contributed by atoms with Gasteiger partial charge in [0, 0.05) is 12.0 Å². The first-order valence-electron chi connectivity index (χ1n) is 13.4. The number of aromatic hydroxyl groups is 2. The van der Waals surface area contributed by atoms with Crippen LogP contribution in [0.3, 0.4) is 0 Å². The number of ether oxygens (including phenoxy) is 2. The van der Waals surface area contributed by atoms with Gasteiger partial charge in [-0.3, -0.25) is 9.59 Å². The molecule has 5 aliphatic carbocycles. The van der Waals surface area contributed by atoms with Crippen molar-refractivity contribution in [2.24, 2.45) is 5.41 Å². The molecule has 6 aliphatic rings. The lowest BCUT2D eigenvalue weighted by molar-refractivity contribution is -0.169. The number of rotatable bonds is 1. The molecule has 1 aliphatic heterocycles. The molecule has 1 fully saturated rings. The Morgan fingerprint density at radius 1 is 1.00 bits per heavy atom. The molecule has 0 aromatic heterocycles. The molecule has 6 N–H and O–H groups in total. The van der Waals surface area contributed by atoms with Gasteiger partial charge < -0.3 is 40.1 Å². The lowest BCUT2D eigenvalue weighted by Crippen LogP contribution is -2.61. The molecule has 2 bridgehead atoms. The summed E-state index contributed by atoms with van der Waals surface area (Å²) < 4.78 is 11.1. The Kier molecular flexibility index (Phi) is 5.16. The maximum Gasteiger partial charge on any atom is 0.358 e. The minimum absolute atomic E-state index is 0.0630. The molecule has 2 aromatic carbocycles. The Morgan fingerprint density at radius 3 is 2.40 bits per heavy atom. The van der Waals surface area contributed by atoms with Crippen molar-refractivity contribution in [2.75, 3.05) is 7.11 Å². The molecule has 0 radical (unpaired) electrons. The van der Waals surface area contributed by atoms with Crippen molar-refractivity contribution in [2.45, 2.75) is 49.9 Å². The number of hydrogen-bond donors (Lipinski definition) is 6. The van der Waals surface area contributed by atoms with Crippen molar-refractivity contribution in [1.82, 2.24) is 0 Å². The smallest absolute Gasteiger partial charge is 0.358 e. The number of carbonyl (C=O) groups excluding carboxylic acids is 3. The molecule has 1 saturated carbocycles. The second-order valence-electron chi connectivity index (χ2n) is 11.5. The van der Waals surface area contributed by atoms with Gasteiger partial charge in [-0.25, -0.2) is 4.79 Å². The third-order valence-corrected chi connectivity index (χ3v) is 9.30. The van der Waals surface area contributed by atoms with Crippen LogP contribution in [0.2, 0.25) is 0 Å². The van der Waals surface area contributed by atoms with Crippen LogP contribution in [0.1, 0.15) is 58.2 Å². The Morgan fingerprint density at radius 2 is 1.69 bits per heavy atom. The first-order chi connectivity index (χ1) is 19.9. The number of esters is 1. The molecule has 1 heterocycles. The van der Waals surface area contributed by atoms with Gasteiger partial charge in [0.05, 0.1) is 41.3 Å². The van der Waals surface area contributed by atoms with Gasteiger partial charge in [-0.15, -0.1) is 0 Å². The molecule has 216 valence electrons. The number of aliphatic hydroxyl groups is 4. The van der Waals surface area contributed by atoms with Crippen LogP contribution in [0.25, 0.3) is 11.5 Å². The van der Waals surface area contributed by atoms with Crippen LogP contribution < -0.4 is 4.74 Å². The molecular formula is C31H26O11. The maximum atomic E-state index is 14.2. The summed E-state index contributed by atoms with van der Waals surface area (Å²) in [5.41, 5.74) is -3.84. The molecule has 42 heavy (non-hydrogen) atoms. The van der Waals surface area contributed by atoms with E-state index in [2.05, 4.69) is 0 Å². The Balaban J connectivity index is 1.53. The van der Waals surface area contributed by atoms with Crippen LogP contribution in [0.5, 0.6) is 17.2 Å². The summed E-state index contributed by atoms with van der Waals surface area (Å²) in [7, 11) is 1.03. The van der Waals surface area contributed by atoms with Crippen molar-refractivity contribution in [3.63, 3.8) is 0 Å². The first-order valence-corrected chi connectivity index (χ1v) is 13.4. The van der Waals surface area contributed by atoms with E-state index in [4.69, 9.17) is 9.47 Å². The minimum Gasteiger partial charge on any atom is -0.507 e. The van der Waals surface area contributed by atoms with Gasteiger partial charge in [-0.05, 0) is 48.6 Å². The molecule has 0 unspecified atom stereocenters. The lowest BCUT2D eigenvalue weighted by Gasteiger charge is -2.43. The van der Waals surface area contributed by atoms with Gasteiger partial charge >= 0.3 is 5.97 Å². The number of benzene rings is 2. The summed E-state index contributed by atoms with van der Waals surface area (Å²) in [6.45, 7) is 1.71. The fourth-order valence-electron chi connectivity index (χ4n) is 7.49. The van der Waals surface area contributed by atoms with E-state index in [1.165, 1.54) is 18.2 Å². The van der Waals surface area contributed by atoms with E-state index >= 15 is 0 Å². The molecule has 11 heteroatoms. The Hall–Kier alpha value is -4.61. The zero-order valence-corrected chi connectivity index (χ0v) is 22.5. The Bertz CT molecular complexity index is 1780. The summed E-state index contributed by atoms with van der Waals surface area (Å²) in [5, 5.41) is 67.5. The SMILES string of the molecule is COC(=O)[C@@]12Oc3c(c(O)cc4c3[C@@H]3C=C[C@]5(C4)C(=C(O)c4c(O)cc(C)cc4[C@@H]5O)C3=O)C(O)=C1C(=O)CC[C@@H]2O. The predicted molar refractivity (Wildman–Crippen MR) is 144 cm³/mol. The predicted octanol–water partition coefficient (Wildman–Crippen LogP) is 2.48. The number of phenolic OH excluding ortho intramolecular Hbond substituents is 2. The molecule has 0 saturated heterocycles. The van der Waals surface area contributed by atoms with Crippen LogP contribution in [0.15, 0.2) is 41.5 Å². The highest BCUT2D eigenvalue weighted by molar-refractivity contribution is 6.14. The van der Waals surface area contributed by atoms with E-state index in [-0.39, 0.29) is 58.6 Å². The molecule has 5 atom stereocenters. The molecule has 8 rings (SSSR count). The van der Waals surface area contributed by atoms with Crippen molar-refractivity contribution >= 4 is 29.1 Å². The second kappa shape index (κ2) is 8.24. The van der Waals surface area contributed by atoms with Crippen LogP contribution in [-0.4, -0.2) is 67.0 Å². The molecule has 2 aromatic rings. The average Bonchev–Trinajstić information content (AvgIpc) is 3.16. The maximum absolute atomic E-state index is 14.2. The molecule has 11 nitrogen and oxygen atoms in total. The van der Waals surface area contributed by atoms with Gasteiger partial charge in [0.15, 0.2) is 11.6 Å². The van der Waals surface area contributed by atoms with Crippen molar-refractivity contribution in [3.05, 3.63) is 74.9 Å². The molecular weight excluding hydrogens is 548 g/mol. The minimum atomic E-state index is -2.47. The standard InChI is InChI=1S/C31H26O11/c1-11-7-14-20(16(33)8-11)25(37)23-24(36)13-5-6-30(23,28(14)39)10-12-9-17(34)21-26(38)22-15(32)3-4-18(35)31(22,29(40)41-2)42-27(21)19(12)13/h5-9,13,18,28,33-35,37-39H,3-4,10H2,1-2H3/t13-,18-,28-,30-,31-/m0/s1. The highest BCUT2D eigenvalue weighted by Gasteiger charge is 2.63. The van der Waals surface area contributed by atoms with Crippen LogP contribution >= 0.6 is 0 Å². The van der Waals surface area contributed by atoms with Gasteiger partial charge in [0.1, 0.15) is 40.4 Å². The number of ketones is 2. The van der Waals surface area contributed by atoms with Crippen molar-refractivity contribution in [1.29, 1.82) is 0 Å². The number of allylic oxidation sites excluding steroid dienone is 1. The van der Waals surface area contributed by atoms with Gasteiger partial charge in [-0.1, -0.05) is 18.2 Å².